The summed E-state index contributed by atoms with van der Waals surface area (Å²) in [7, 11) is 11.8. The Morgan fingerprint density at radius 2 is 0.789 bits per heavy atom. The summed E-state index contributed by atoms with van der Waals surface area (Å²) in [6.45, 7) is 5.98. The lowest BCUT2D eigenvalue weighted by Gasteiger charge is -2.30. The van der Waals surface area contributed by atoms with Crippen molar-refractivity contribution in [3.63, 3.8) is 0 Å². The molecule has 3 unspecified atom stereocenters. The fourth-order valence-corrected chi connectivity index (χ4v) is 2.83. The van der Waals surface area contributed by atoms with E-state index in [9.17, 15) is 0 Å². The minimum absolute atomic E-state index is 0.0274. The second-order valence-corrected chi connectivity index (χ2v) is 6.78. The van der Waals surface area contributed by atoms with E-state index in [1.54, 1.807) is 0 Å². The van der Waals surface area contributed by atoms with Gasteiger partial charge in [0.1, 0.15) is 0 Å². The van der Waals surface area contributed by atoms with E-state index in [0.717, 1.165) is 0 Å². The summed E-state index contributed by atoms with van der Waals surface area (Å²) in [6.07, 6.45) is -0.0822. The number of rotatable bonds is 9. The van der Waals surface area contributed by atoms with E-state index in [1.807, 2.05) is 77.8 Å². The minimum Gasteiger partial charge on any atom is -0.440 e. The highest BCUT2D eigenvalue weighted by Crippen LogP contribution is 2.08. The van der Waals surface area contributed by atoms with Crippen molar-refractivity contribution >= 4 is 15.1 Å². The first kappa shape index (κ1) is 19.3. The van der Waals surface area contributed by atoms with Gasteiger partial charge >= 0.3 is 15.1 Å². The Bertz CT molecular complexity index is 204. The summed E-state index contributed by atoms with van der Waals surface area (Å²) < 4.78 is 17.8. The lowest BCUT2D eigenvalue weighted by Crippen LogP contribution is -2.45. The van der Waals surface area contributed by atoms with Crippen LogP contribution in [0, 0.1) is 0 Å². The highest BCUT2D eigenvalue weighted by molar-refractivity contribution is 6.36. The van der Waals surface area contributed by atoms with Crippen molar-refractivity contribution in [2.45, 2.75) is 39.5 Å². The molecule has 0 aliphatic rings. The van der Waals surface area contributed by atoms with E-state index < -0.39 is 15.1 Å². The monoisotopic (exact) mass is 291 g/mol. The summed E-state index contributed by atoms with van der Waals surface area (Å²) in [5.41, 5.74) is 0. The number of hydrogen-bond acceptors (Lipinski definition) is 6. The average Bonchev–Trinajstić information content (AvgIpc) is 2.27. The normalized spacial score (nSPS) is 17.1. The van der Waals surface area contributed by atoms with Gasteiger partial charge in [-0.15, -0.1) is 0 Å². The predicted molar refractivity (Wildman–Crippen MR) is 78.5 cm³/mol. The topological polar surface area (TPSA) is 37.4 Å². The Kier molecular flexibility index (Phi) is 9.41. The first-order chi connectivity index (χ1) is 8.65. The summed E-state index contributed by atoms with van der Waals surface area (Å²) >= 11 is -2.20. The molecule has 0 aliphatic carbocycles. The van der Waals surface area contributed by atoms with E-state index in [-0.39, 0.29) is 18.7 Å². The van der Waals surface area contributed by atoms with Crippen LogP contribution in [0.5, 0.6) is 0 Å². The van der Waals surface area contributed by atoms with Crippen molar-refractivity contribution in [3.05, 3.63) is 0 Å². The van der Waals surface area contributed by atoms with E-state index in [4.69, 9.17) is 11.4 Å². The van der Waals surface area contributed by atoms with Crippen molar-refractivity contribution in [2.24, 2.45) is 0 Å². The van der Waals surface area contributed by atoms with Crippen molar-refractivity contribution in [3.8, 4) is 0 Å². The van der Waals surface area contributed by atoms with Crippen molar-refractivity contribution in [1.29, 1.82) is 0 Å². The van der Waals surface area contributed by atoms with Crippen molar-refractivity contribution in [1.82, 2.24) is 14.7 Å². The molecule has 6 nitrogen and oxygen atoms in total. The SMILES string of the molecule is CC([O][Al]([O]C(C)N(C)C)[O]C(C)N(C)C)N(C)C. The Morgan fingerprint density at radius 3 is 0.947 bits per heavy atom. The standard InChI is InChI=1S/3C4H10NO.Al/c3*1-4(6)5(2)3;/h3*4H,1-3H3;/q3*-1;+3. The molecule has 0 aliphatic heterocycles. The van der Waals surface area contributed by atoms with Gasteiger partial charge in [0, 0.05) is 0 Å². The molecule has 0 N–H and O–H groups in total. The highest BCUT2D eigenvalue weighted by atomic mass is 27.3. The molecule has 0 saturated carbocycles. The van der Waals surface area contributed by atoms with Gasteiger partial charge in [-0.25, -0.2) is 0 Å². The molecule has 0 radical (unpaired) electrons. The molecule has 0 bridgehead atoms. The van der Waals surface area contributed by atoms with Crippen LogP contribution in [0.3, 0.4) is 0 Å². The van der Waals surface area contributed by atoms with Gasteiger partial charge < -0.3 is 11.4 Å². The van der Waals surface area contributed by atoms with Crippen LogP contribution in [0.4, 0.5) is 0 Å². The number of hydrogen-bond donors (Lipinski definition) is 0. The van der Waals surface area contributed by atoms with E-state index in [2.05, 4.69) is 0 Å². The fourth-order valence-electron chi connectivity index (χ4n) is 0.944. The van der Waals surface area contributed by atoms with Gasteiger partial charge in [0.15, 0.2) is 0 Å². The molecule has 0 aromatic heterocycles. The molecular weight excluding hydrogens is 261 g/mol. The smallest absolute Gasteiger partial charge is 0.440 e. The average molecular weight is 291 g/mol. The molecule has 0 rings (SSSR count). The molecule has 0 fully saturated rings. The van der Waals surface area contributed by atoms with Crippen LogP contribution in [0.15, 0.2) is 0 Å². The minimum atomic E-state index is -2.20. The molecule has 0 heterocycles. The van der Waals surface area contributed by atoms with Gasteiger partial charge in [0.05, 0.1) is 18.7 Å². The van der Waals surface area contributed by atoms with Crippen LogP contribution in [-0.2, 0) is 11.4 Å². The molecule has 7 heteroatoms. The Hall–Kier alpha value is 0.292. The van der Waals surface area contributed by atoms with Crippen LogP contribution >= 0.6 is 0 Å². The van der Waals surface area contributed by atoms with Crippen LogP contribution < -0.4 is 0 Å². The lowest BCUT2D eigenvalue weighted by atomic mass is 10.6. The van der Waals surface area contributed by atoms with Gasteiger partial charge in [-0.05, 0) is 63.1 Å². The third-order valence-corrected chi connectivity index (χ3v) is 4.95. The summed E-state index contributed by atoms with van der Waals surface area (Å²) in [5.74, 6) is 0. The van der Waals surface area contributed by atoms with Crippen LogP contribution in [0.2, 0.25) is 0 Å². The largest absolute Gasteiger partial charge is 0.908 e. The quantitative estimate of drug-likeness (QED) is 0.461. The second-order valence-electron chi connectivity index (χ2n) is 5.39. The van der Waals surface area contributed by atoms with Crippen molar-refractivity contribution in [2.75, 3.05) is 42.3 Å². The van der Waals surface area contributed by atoms with Crippen molar-refractivity contribution < 1.29 is 11.4 Å². The fraction of sp³-hybridized carbons (Fsp3) is 1.00. The molecule has 19 heavy (non-hydrogen) atoms. The predicted octanol–water partition coefficient (Wildman–Crippen LogP) is 0.744. The van der Waals surface area contributed by atoms with E-state index >= 15 is 0 Å². The maximum Gasteiger partial charge on any atom is 0.908 e. The van der Waals surface area contributed by atoms with E-state index in [1.165, 1.54) is 0 Å². The Balaban J connectivity index is 4.54. The zero-order chi connectivity index (χ0) is 15.2. The molecule has 114 valence electrons. The summed E-state index contributed by atoms with van der Waals surface area (Å²) in [5, 5.41) is 0. The Morgan fingerprint density at radius 1 is 0.579 bits per heavy atom. The molecule has 0 aromatic carbocycles. The third-order valence-electron chi connectivity index (χ3n) is 3.11. The summed E-state index contributed by atoms with van der Waals surface area (Å²) in [4.78, 5) is 5.98. The third kappa shape index (κ3) is 8.23. The van der Waals surface area contributed by atoms with Gasteiger partial charge in [0.25, 0.3) is 0 Å². The van der Waals surface area contributed by atoms with Gasteiger partial charge in [0.2, 0.25) is 0 Å². The zero-order valence-corrected chi connectivity index (χ0v) is 15.0. The first-order valence-electron chi connectivity index (χ1n) is 6.60. The highest BCUT2D eigenvalue weighted by Gasteiger charge is 2.38. The Labute approximate surface area is 123 Å². The zero-order valence-electron chi connectivity index (χ0n) is 13.9. The molecule has 0 spiro atoms. The van der Waals surface area contributed by atoms with Gasteiger partial charge in [-0.2, -0.15) is 0 Å². The second kappa shape index (κ2) is 9.27. The number of nitrogens with zero attached hydrogens (tertiary/aromatic N) is 3. The first-order valence-corrected chi connectivity index (χ1v) is 8.02. The van der Waals surface area contributed by atoms with Crippen LogP contribution in [0.1, 0.15) is 20.8 Å². The van der Waals surface area contributed by atoms with Crippen LogP contribution in [-0.4, -0.2) is 90.8 Å². The van der Waals surface area contributed by atoms with Crippen LogP contribution in [0.25, 0.3) is 0 Å². The molecule has 0 amide bonds. The molecular formula is C12H30AlN3O3. The molecule has 0 saturated heterocycles. The molecule has 3 atom stereocenters. The van der Waals surface area contributed by atoms with Gasteiger partial charge in [-0.3, -0.25) is 14.7 Å². The van der Waals surface area contributed by atoms with Gasteiger partial charge in [-0.1, -0.05) is 0 Å². The maximum absolute atomic E-state index is 5.92. The molecule has 0 aromatic rings. The van der Waals surface area contributed by atoms with E-state index in [0.29, 0.717) is 0 Å². The maximum atomic E-state index is 5.92. The lowest BCUT2D eigenvalue weighted by molar-refractivity contribution is -0.0650. The summed E-state index contributed by atoms with van der Waals surface area (Å²) in [6, 6.07) is 0.